The third kappa shape index (κ3) is 7.43. The molecule has 0 spiro atoms. The lowest BCUT2D eigenvalue weighted by atomic mass is 9.78. The van der Waals surface area contributed by atoms with Crippen molar-refractivity contribution in [3.05, 3.63) is 108 Å². The minimum Gasteiger partial charge on any atom is -0.497 e. The Morgan fingerprint density at radius 3 is 1.82 bits per heavy atom. The van der Waals surface area contributed by atoms with E-state index in [1.165, 1.54) is 43.5 Å². The molecule has 0 amide bonds. The number of halogens is 2. The molecular formula is C32H32F2O7S3. The summed E-state index contributed by atoms with van der Waals surface area (Å²) in [6.45, 7) is 6.04. The number of thioether (sulfide) groups is 1. The largest absolute Gasteiger partial charge is 0.497 e. The number of ether oxygens (including phenoxy) is 2. The van der Waals surface area contributed by atoms with Crippen molar-refractivity contribution in [2.45, 2.75) is 52.5 Å². The lowest BCUT2D eigenvalue weighted by Crippen LogP contribution is -2.28. The average molecular weight is 663 g/mol. The molecule has 4 rings (SSSR count). The van der Waals surface area contributed by atoms with Gasteiger partial charge in [-0.3, -0.25) is 4.55 Å². The van der Waals surface area contributed by atoms with Crippen LogP contribution in [0.4, 0.5) is 8.78 Å². The van der Waals surface area contributed by atoms with E-state index in [0.29, 0.717) is 22.1 Å². The summed E-state index contributed by atoms with van der Waals surface area (Å²) in [6.07, 6.45) is -1.11. The fourth-order valence-corrected chi connectivity index (χ4v) is 7.14. The lowest BCUT2D eigenvalue weighted by molar-refractivity contribution is 0.0781. The Balaban J connectivity index is 1.63. The van der Waals surface area contributed by atoms with Gasteiger partial charge in [-0.05, 0) is 78.7 Å². The first kappa shape index (κ1) is 33.4. The molecule has 0 saturated carbocycles. The smallest absolute Gasteiger partial charge is 0.370 e. The Labute approximate surface area is 260 Å². The van der Waals surface area contributed by atoms with Crippen LogP contribution in [0.5, 0.6) is 17.2 Å². The summed E-state index contributed by atoms with van der Waals surface area (Å²) in [6, 6.07) is 25.2. The van der Waals surface area contributed by atoms with Gasteiger partial charge in [0.25, 0.3) is 0 Å². The minimum atomic E-state index is -5.56. The summed E-state index contributed by atoms with van der Waals surface area (Å²) in [5.74, 6) is 0.793. The molecule has 4 aromatic carbocycles. The normalized spacial score (nSPS) is 12.6. The standard InChI is InChI=1S/C32H32F2O7S3/c1-22-5-7-23(8-6-22)31(2,3)24-9-18-29(30(21-24)42-20-19-32(33,34)44(37,38)39)41-26-12-16-28(17-13-26)43(35,36)27-14-10-25(40-4)11-15-27/h5-18,21H,19-20H2,1-4H3,(H,37,38,39). The van der Waals surface area contributed by atoms with Crippen molar-refractivity contribution in [3.8, 4) is 17.2 Å². The van der Waals surface area contributed by atoms with Gasteiger partial charge in [0.1, 0.15) is 17.2 Å². The second-order valence-corrected chi connectivity index (χ2v) is 15.2. The molecule has 0 fully saturated rings. The van der Waals surface area contributed by atoms with Gasteiger partial charge >= 0.3 is 15.4 Å². The fraction of sp³-hybridized carbons (Fsp3) is 0.250. The van der Waals surface area contributed by atoms with Crippen LogP contribution in [0.25, 0.3) is 0 Å². The Kier molecular flexibility index (Phi) is 9.79. The van der Waals surface area contributed by atoms with Gasteiger partial charge in [0.2, 0.25) is 9.84 Å². The van der Waals surface area contributed by atoms with Crippen LogP contribution in [0, 0.1) is 6.92 Å². The topological polar surface area (TPSA) is 107 Å². The Hall–Kier alpha value is -3.45. The van der Waals surface area contributed by atoms with Crippen molar-refractivity contribution >= 4 is 31.7 Å². The number of hydrogen-bond donors (Lipinski definition) is 1. The molecule has 4 aromatic rings. The summed E-state index contributed by atoms with van der Waals surface area (Å²) >= 11 is 0.958. The molecule has 0 aliphatic heterocycles. The van der Waals surface area contributed by atoms with Gasteiger partial charge in [-0.1, -0.05) is 49.7 Å². The number of benzene rings is 4. The molecule has 0 aliphatic carbocycles. The first-order valence-electron chi connectivity index (χ1n) is 13.4. The van der Waals surface area contributed by atoms with Gasteiger partial charge in [0.05, 0.1) is 21.8 Å². The maximum Gasteiger partial charge on any atom is 0.370 e. The van der Waals surface area contributed by atoms with E-state index < -0.39 is 37.0 Å². The molecule has 0 unspecified atom stereocenters. The van der Waals surface area contributed by atoms with Crippen molar-refractivity contribution in [1.82, 2.24) is 0 Å². The predicted octanol–water partition coefficient (Wildman–Crippen LogP) is 7.92. The van der Waals surface area contributed by atoms with E-state index in [2.05, 4.69) is 0 Å². The molecule has 1 N–H and O–H groups in total. The van der Waals surface area contributed by atoms with E-state index in [4.69, 9.17) is 14.0 Å². The van der Waals surface area contributed by atoms with Crippen molar-refractivity contribution in [1.29, 1.82) is 0 Å². The molecule has 0 bridgehead atoms. The number of aryl methyl sites for hydroxylation is 1. The first-order valence-corrected chi connectivity index (χ1v) is 17.3. The monoisotopic (exact) mass is 662 g/mol. The quantitative estimate of drug-likeness (QED) is 0.120. The van der Waals surface area contributed by atoms with Crippen molar-refractivity contribution < 1.29 is 39.6 Å². The summed E-state index contributed by atoms with van der Waals surface area (Å²) < 4.78 is 96.4. The fourth-order valence-electron chi connectivity index (χ4n) is 4.34. The van der Waals surface area contributed by atoms with Crippen LogP contribution < -0.4 is 9.47 Å². The number of methoxy groups -OCH3 is 1. The van der Waals surface area contributed by atoms with E-state index in [-0.39, 0.29) is 15.5 Å². The highest BCUT2D eigenvalue weighted by molar-refractivity contribution is 7.99. The first-order chi connectivity index (χ1) is 20.5. The minimum absolute atomic E-state index is 0.0484. The molecule has 0 heterocycles. The molecule has 7 nitrogen and oxygen atoms in total. The van der Waals surface area contributed by atoms with Crippen LogP contribution >= 0.6 is 11.8 Å². The molecular weight excluding hydrogens is 631 g/mol. The summed E-state index contributed by atoms with van der Waals surface area (Å²) in [7, 11) is -7.88. The van der Waals surface area contributed by atoms with Crippen LogP contribution in [-0.2, 0) is 25.4 Å². The second-order valence-electron chi connectivity index (χ2n) is 10.6. The van der Waals surface area contributed by atoms with Crippen molar-refractivity contribution in [2.24, 2.45) is 0 Å². The zero-order chi connectivity index (χ0) is 32.3. The zero-order valence-electron chi connectivity index (χ0n) is 24.5. The van der Waals surface area contributed by atoms with Gasteiger partial charge in [-0.2, -0.15) is 17.2 Å². The van der Waals surface area contributed by atoms with E-state index >= 15 is 0 Å². The van der Waals surface area contributed by atoms with E-state index in [1.54, 1.807) is 24.3 Å². The van der Waals surface area contributed by atoms with Gasteiger partial charge in [-0.25, -0.2) is 8.42 Å². The van der Waals surface area contributed by atoms with Gasteiger partial charge < -0.3 is 9.47 Å². The van der Waals surface area contributed by atoms with Gasteiger partial charge in [0, 0.05) is 17.6 Å². The Morgan fingerprint density at radius 2 is 1.30 bits per heavy atom. The van der Waals surface area contributed by atoms with Crippen molar-refractivity contribution in [2.75, 3.05) is 12.9 Å². The highest BCUT2D eigenvalue weighted by Gasteiger charge is 2.43. The second kappa shape index (κ2) is 12.9. The third-order valence-electron chi connectivity index (χ3n) is 7.20. The number of rotatable bonds is 12. The molecule has 0 atom stereocenters. The van der Waals surface area contributed by atoms with Crippen LogP contribution in [0.3, 0.4) is 0 Å². The zero-order valence-corrected chi connectivity index (χ0v) is 26.9. The van der Waals surface area contributed by atoms with Crippen LogP contribution in [-0.4, -0.2) is 39.5 Å². The maximum atomic E-state index is 14.0. The molecule has 12 heteroatoms. The van der Waals surface area contributed by atoms with E-state index in [1.807, 2.05) is 51.1 Å². The summed E-state index contributed by atoms with van der Waals surface area (Å²) in [4.78, 5) is 0.607. The van der Waals surface area contributed by atoms with Crippen LogP contribution in [0.1, 0.15) is 37.0 Å². The molecule has 0 radical (unpaired) electrons. The molecule has 0 saturated heterocycles. The maximum absolute atomic E-state index is 14.0. The molecule has 0 aromatic heterocycles. The number of hydrogen-bond acceptors (Lipinski definition) is 7. The number of alkyl halides is 2. The van der Waals surface area contributed by atoms with E-state index in [0.717, 1.165) is 28.5 Å². The summed E-state index contributed by atoms with van der Waals surface area (Å²) in [5.41, 5.74) is 2.52. The molecule has 234 valence electrons. The molecule has 0 aliphatic rings. The number of sulfone groups is 1. The Bertz CT molecular complexity index is 1820. The Morgan fingerprint density at radius 1 is 0.773 bits per heavy atom. The highest BCUT2D eigenvalue weighted by atomic mass is 32.2. The average Bonchev–Trinajstić information content (AvgIpc) is 2.97. The van der Waals surface area contributed by atoms with E-state index in [9.17, 15) is 25.6 Å². The van der Waals surface area contributed by atoms with Gasteiger partial charge in [-0.15, -0.1) is 11.8 Å². The van der Waals surface area contributed by atoms with Crippen molar-refractivity contribution in [3.63, 3.8) is 0 Å². The SMILES string of the molecule is COc1ccc(S(=O)(=O)c2ccc(Oc3ccc(C(C)(C)c4ccc(C)cc4)cc3SCCC(F)(F)S(=O)(=O)O)cc2)cc1. The lowest BCUT2D eigenvalue weighted by Gasteiger charge is -2.27. The predicted molar refractivity (Wildman–Crippen MR) is 167 cm³/mol. The third-order valence-corrected chi connectivity index (χ3v) is 11.0. The molecule has 44 heavy (non-hydrogen) atoms. The van der Waals surface area contributed by atoms with Gasteiger partial charge in [0.15, 0.2) is 0 Å². The highest BCUT2D eigenvalue weighted by Crippen LogP contribution is 2.40. The van der Waals surface area contributed by atoms with Crippen LogP contribution in [0.15, 0.2) is 106 Å². The summed E-state index contributed by atoms with van der Waals surface area (Å²) in [5, 5.41) is -4.30. The van der Waals surface area contributed by atoms with Crippen LogP contribution in [0.2, 0.25) is 0 Å².